The highest BCUT2D eigenvalue weighted by Crippen LogP contribution is 2.36. The van der Waals surface area contributed by atoms with Crippen LogP contribution < -0.4 is 20.7 Å². The summed E-state index contributed by atoms with van der Waals surface area (Å²) in [6, 6.07) is 6.89. The van der Waals surface area contributed by atoms with Crippen molar-refractivity contribution in [3.63, 3.8) is 0 Å². The SMILES string of the molecule is Cc1c(CN(C)C(=O)/C=C/c2cnc3c(c2)CC[C@@H](NC(=O)OC(C)(C)C)C(=O)N3)oc2cccc(OC3CCC(NC(=O)OC(C)(C)C)CC3)c12. The highest BCUT2D eigenvalue weighted by atomic mass is 16.6. The van der Waals surface area contributed by atoms with Gasteiger partial charge in [0.2, 0.25) is 11.8 Å². The molecule has 1 fully saturated rings. The van der Waals surface area contributed by atoms with E-state index in [-0.39, 0.29) is 30.5 Å². The van der Waals surface area contributed by atoms with Gasteiger partial charge in [0.15, 0.2) is 0 Å². The summed E-state index contributed by atoms with van der Waals surface area (Å²) in [5.74, 6) is 1.23. The minimum absolute atomic E-state index is 0.00323. The number of aromatic nitrogens is 1. The molecule has 1 aliphatic carbocycles. The summed E-state index contributed by atoms with van der Waals surface area (Å²) < 4.78 is 23.4. The second kappa shape index (κ2) is 15.7. The number of rotatable bonds is 8. The molecule has 0 unspecified atom stereocenters. The van der Waals surface area contributed by atoms with Crippen LogP contribution in [0.1, 0.15) is 96.1 Å². The Morgan fingerprint density at radius 3 is 2.35 bits per heavy atom. The molecular weight excluding hydrogens is 666 g/mol. The van der Waals surface area contributed by atoms with E-state index in [1.807, 2.05) is 52.0 Å². The first-order valence-electron chi connectivity index (χ1n) is 17.8. The highest BCUT2D eigenvalue weighted by molar-refractivity contribution is 5.97. The van der Waals surface area contributed by atoms with Gasteiger partial charge in [-0.3, -0.25) is 9.59 Å². The van der Waals surface area contributed by atoms with Crippen molar-refractivity contribution in [2.45, 2.75) is 123 Å². The fourth-order valence-electron chi connectivity index (χ4n) is 6.28. The fraction of sp³-hybridized carbons (Fsp3) is 0.513. The van der Waals surface area contributed by atoms with Gasteiger partial charge in [-0.25, -0.2) is 14.6 Å². The van der Waals surface area contributed by atoms with Gasteiger partial charge in [0, 0.05) is 30.9 Å². The molecule has 0 bridgehead atoms. The maximum absolute atomic E-state index is 13.2. The van der Waals surface area contributed by atoms with E-state index in [1.165, 1.54) is 6.08 Å². The van der Waals surface area contributed by atoms with Crippen molar-refractivity contribution < 1.29 is 37.8 Å². The number of nitrogens with one attached hydrogen (secondary N) is 3. The zero-order chi connectivity index (χ0) is 37.8. The molecule has 0 radical (unpaired) electrons. The van der Waals surface area contributed by atoms with Crippen molar-refractivity contribution in [2.75, 3.05) is 12.4 Å². The van der Waals surface area contributed by atoms with E-state index in [1.54, 1.807) is 45.0 Å². The van der Waals surface area contributed by atoms with Gasteiger partial charge < -0.3 is 39.5 Å². The molecule has 13 heteroatoms. The van der Waals surface area contributed by atoms with Gasteiger partial charge in [-0.05, 0) is 122 Å². The summed E-state index contributed by atoms with van der Waals surface area (Å²) in [5.41, 5.74) is 1.87. The molecular formula is C39H51N5O8. The quantitative estimate of drug-likeness (QED) is 0.213. The first-order chi connectivity index (χ1) is 24.4. The maximum Gasteiger partial charge on any atom is 0.408 e. The molecule has 280 valence electrons. The van der Waals surface area contributed by atoms with Crippen LogP contribution in [0, 0.1) is 6.92 Å². The average molecular weight is 718 g/mol. The van der Waals surface area contributed by atoms with Crippen LogP contribution in [0.2, 0.25) is 0 Å². The number of fused-ring (bicyclic) bond motifs is 2. The number of hydrogen-bond donors (Lipinski definition) is 3. The molecule has 3 N–H and O–H groups in total. The molecule has 13 nitrogen and oxygen atoms in total. The molecule has 3 heterocycles. The summed E-state index contributed by atoms with van der Waals surface area (Å²) in [5, 5.41) is 9.27. The van der Waals surface area contributed by atoms with Gasteiger partial charge >= 0.3 is 12.2 Å². The number of carbonyl (C=O) groups excluding carboxylic acids is 4. The number of carbonyl (C=O) groups is 4. The predicted molar refractivity (Wildman–Crippen MR) is 197 cm³/mol. The van der Waals surface area contributed by atoms with Gasteiger partial charge in [0.25, 0.3) is 0 Å². The fourth-order valence-corrected chi connectivity index (χ4v) is 6.28. The van der Waals surface area contributed by atoms with Gasteiger partial charge in [-0.1, -0.05) is 6.07 Å². The largest absolute Gasteiger partial charge is 0.490 e. The lowest BCUT2D eigenvalue weighted by atomic mass is 9.93. The van der Waals surface area contributed by atoms with Crippen molar-refractivity contribution in [2.24, 2.45) is 0 Å². The van der Waals surface area contributed by atoms with Crippen molar-refractivity contribution in [3.05, 3.63) is 59.0 Å². The number of likely N-dealkylation sites (N-methyl/N-ethyl adjacent to an activating group) is 1. The van der Waals surface area contributed by atoms with Crippen LogP contribution >= 0.6 is 0 Å². The highest BCUT2D eigenvalue weighted by Gasteiger charge is 2.29. The second-order valence-electron chi connectivity index (χ2n) is 15.5. The van der Waals surface area contributed by atoms with Crippen molar-refractivity contribution >= 4 is 46.9 Å². The molecule has 1 aliphatic heterocycles. The Hall–Kier alpha value is -5.07. The smallest absolute Gasteiger partial charge is 0.408 e. The summed E-state index contributed by atoms with van der Waals surface area (Å²) in [6.45, 7) is 13.0. The van der Waals surface area contributed by atoms with Crippen molar-refractivity contribution in [3.8, 4) is 5.75 Å². The minimum atomic E-state index is -0.766. The Labute approximate surface area is 304 Å². The summed E-state index contributed by atoms with van der Waals surface area (Å²) in [6.07, 6.45) is 7.73. The first kappa shape index (κ1) is 38.2. The number of amides is 4. The molecule has 1 aromatic carbocycles. The van der Waals surface area contributed by atoms with E-state index in [2.05, 4.69) is 20.9 Å². The van der Waals surface area contributed by atoms with Crippen molar-refractivity contribution in [1.29, 1.82) is 0 Å². The van der Waals surface area contributed by atoms with E-state index in [9.17, 15) is 19.2 Å². The molecule has 1 atom stereocenters. The third kappa shape index (κ3) is 10.3. The van der Waals surface area contributed by atoms with Gasteiger partial charge in [0.05, 0.1) is 18.0 Å². The standard InChI is InChI=1S/C39H51N5O8/c1-23-31(50-30-11-9-10-29(33(23)30)49-27-16-14-26(15-17-27)41-36(47)51-38(2,3)4)22-44(8)32(45)19-12-24-20-25-13-18-28(35(46)43-34(25)40-21-24)42-37(48)52-39(5,6)7/h9-12,19-21,26-28H,13-18,22H2,1-8H3,(H,41,47)(H,42,48)(H,40,43,46)/b19-12+/t26?,27?,28-/m1/s1. The molecule has 2 aromatic heterocycles. The molecule has 52 heavy (non-hydrogen) atoms. The number of hydrogen-bond acceptors (Lipinski definition) is 9. The lowest BCUT2D eigenvalue weighted by Crippen LogP contribution is -2.45. The van der Waals surface area contributed by atoms with Gasteiger partial charge in [-0.2, -0.15) is 0 Å². The third-order valence-electron chi connectivity index (χ3n) is 8.82. The molecule has 4 amide bonds. The molecule has 3 aromatic rings. The third-order valence-corrected chi connectivity index (χ3v) is 8.82. The van der Waals surface area contributed by atoms with Crippen LogP contribution in [0.4, 0.5) is 15.4 Å². The zero-order valence-electron chi connectivity index (χ0n) is 31.4. The maximum atomic E-state index is 13.2. The summed E-state index contributed by atoms with van der Waals surface area (Å²) >= 11 is 0. The van der Waals surface area contributed by atoms with Crippen LogP contribution in [-0.4, -0.2) is 70.3 Å². The van der Waals surface area contributed by atoms with E-state index in [0.717, 1.165) is 47.9 Å². The Kier molecular flexibility index (Phi) is 11.5. The number of ether oxygens (including phenoxy) is 3. The second-order valence-corrected chi connectivity index (χ2v) is 15.5. The minimum Gasteiger partial charge on any atom is -0.490 e. The number of nitrogens with zero attached hydrogens (tertiary/aromatic N) is 2. The number of furan rings is 1. The lowest BCUT2D eigenvalue weighted by Gasteiger charge is -2.30. The van der Waals surface area contributed by atoms with E-state index in [4.69, 9.17) is 18.6 Å². The normalized spacial score (nSPS) is 19.3. The molecule has 0 saturated heterocycles. The average Bonchev–Trinajstić information content (AvgIpc) is 3.27. The van der Waals surface area contributed by atoms with Crippen LogP contribution in [0.5, 0.6) is 5.75 Å². The molecule has 0 spiro atoms. The lowest BCUT2D eigenvalue weighted by molar-refractivity contribution is -0.125. The first-order valence-corrected chi connectivity index (χ1v) is 17.8. The number of pyridine rings is 1. The number of anilines is 1. The van der Waals surface area contributed by atoms with E-state index in [0.29, 0.717) is 35.6 Å². The molecule has 5 rings (SSSR count). The topological polar surface area (TPSA) is 161 Å². The summed E-state index contributed by atoms with van der Waals surface area (Å²) in [4.78, 5) is 56.4. The Balaban J connectivity index is 1.17. The molecule has 2 aliphatic rings. The predicted octanol–water partition coefficient (Wildman–Crippen LogP) is 6.80. The van der Waals surface area contributed by atoms with Crippen molar-refractivity contribution in [1.82, 2.24) is 20.5 Å². The monoisotopic (exact) mass is 717 g/mol. The number of alkyl carbamates (subject to hydrolysis) is 2. The Morgan fingerprint density at radius 1 is 1.00 bits per heavy atom. The van der Waals surface area contributed by atoms with Crippen LogP contribution in [-0.2, 0) is 32.0 Å². The zero-order valence-corrected chi connectivity index (χ0v) is 31.4. The van der Waals surface area contributed by atoms with Crippen LogP contribution in [0.3, 0.4) is 0 Å². The number of aryl methyl sites for hydroxylation is 2. The van der Waals surface area contributed by atoms with Gasteiger partial charge in [0.1, 0.15) is 40.2 Å². The Bertz CT molecular complexity index is 1830. The van der Waals surface area contributed by atoms with Crippen LogP contribution in [0.15, 0.2) is 41.0 Å². The van der Waals surface area contributed by atoms with Gasteiger partial charge in [-0.15, -0.1) is 0 Å². The molecule has 1 saturated carbocycles. The van der Waals surface area contributed by atoms with E-state index >= 15 is 0 Å². The van der Waals surface area contributed by atoms with E-state index < -0.39 is 29.4 Å². The summed E-state index contributed by atoms with van der Waals surface area (Å²) in [7, 11) is 1.71. The van der Waals surface area contributed by atoms with Crippen LogP contribution in [0.25, 0.3) is 17.0 Å². The number of benzene rings is 1. The Morgan fingerprint density at radius 2 is 1.67 bits per heavy atom.